The fourth-order valence-electron chi connectivity index (χ4n) is 2.21. The lowest BCUT2D eigenvalue weighted by molar-refractivity contribution is 0.471. The van der Waals surface area contributed by atoms with Crippen molar-refractivity contribution in [2.24, 2.45) is 5.73 Å². The zero-order valence-electron chi connectivity index (χ0n) is 11.8. The summed E-state index contributed by atoms with van der Waals surface area (Å²) in [6.45, 7) is 12.6. The summed E-state index contributed by atoms with van der Waals surface area (Å²) in [5.74, 6) is 0.576. The van der Waals surface area contributed by atoms with Crippen molar-refractivity contribution in [2.45, 2.75) is 46.0 Å². The standard InChI is InChI=1S/C15H26N2/c1-11(2)13-7-6-12(3)14(8-13)15(4,5)9-17-10-16/h6-8,11,17H,9-10,16H2,1-5H3. The van der Waals surface area contributed by atoms with Gasteiger partial charge in [0.15, 0.2) is 0 Å². The monoisotopic (exact) mass is 234 g/mol. The maximum atomic E-state index is 5.52. The fourth-order valence-corrected chi connectivity index (χ4v) is 2.21. The molecule has 0 saturated heterocycles. The molecule has 0 unspecified atom stereocenters. The zero-order chi connectivity index (χ0) is 13.1. The van der Waals surface area contributed by atoms with E-state index in [1.54, 1.807) is 0 Å². The summed E-state index contributed by atoms with van der Waals surface area (Å²) in [7, 11) is 0. The van der Waals surface area contributed by atoms with Crippen LogP contribution in [0.1, 0.15) is 50.3 Å². The van der Waals surface area contributed by atoms with Crippen LogP contribution < -0.4 is 11.1 Å². The van der Waals surface area contributed by atoms with Crippen molar-refractivity contribution < 1.29 is 0 Å². The van der Waals surface area contributed by atoms with Gasteiger partial charge in [0.05, 0.1) is 0 Å². The van der Waals surface area contributed by atoms with Crippen molar-refractivity contribution in [3.8, 4) is 0 Å². The maximum absolute atomic E-state index is 5.52. The van der Waals surface area contributed by atoms with E-state index in [1.807, 2.05) is 0 Å². The van der Waals surface area contributed by atoms with Crippen LogP contribution in [-0.4, -0.2) is 13.2 Å². The molecule has 0 amide bonds. The number of hydrogen-bond donors (Lipinski definition) is 2. The van der Waals surface area contributed by atoms with Crippen LogP contribution in [0.15, 0.2) is 18.2 Å². The molecule has 0 spiro atoms. The van der Waals surface area contributed by atoms with Gasteiger partial charge in [-0.3, -0.25) is 0 Å². The Labute approximate surface area is 106 Å². The van der Waals surface area contributed by atoms with Crippen LogP contribution in [-0.2, 0) is 5.41 Å². The third kappa shape index (κ3) is 3.55. The number of aryl methyl sites for hydroxylation is 1. The lowest BCUT2D eigenvalue weighted by Crippen LogP contribution is -2.36. The molecule has 17 heavy (non-hydrogen) atoms. The molecule has 0 saturated carbocycles. The number of benzene rings is 1. The molecule has 0 aliphatic heterocycles. The Bertz CT molecular complexity index is 367. The van der Waals surface area contributed by atoms with Gasteiger partial charge in [-0.15, -0.1) is 0 Å². The van der Waals surface area contributed by atoms with Crippen LogP contribution in [0.4, 0.5) is 0 Å². The first kappa shape index (κ1) is 14.2. The van der Waals surface area contributed by atoms with E-state index in [9.17, 15) is 0 Å². The molecule has 0 fully saturated rings. The summed E-state index contributed by atoms with van der Waals surface area (Å²) in [6.07, 6.45) is 0. The molecule has 2 nitrogen and oxygen atoms in total. The van der Waals surface area contributed by atoms with E-state index in [2.05, 4.69) is 58.1 Å². The molecule has 1 aromatic rings. The Morgan fingerprint density at radius 2 is 1.94 bits per heavy atom. The maximum Gasteiger partial charge on any atom is 0.0429 e. The average molecular weight is 234 g/mol. The summed E-state index contributed by atoms with van der Waals surface area (Å²) in [5.41, 5.74) is 9.83. The molecule has 1 rings (SSSR count). The Balaban J connectivity index is 3.06. The second-order valence-electron chi connectivity index (χ2n) is 5.74. The second-order valence-corrected chi connectivity index (χ2v) is 5.74. The number of nitrogens with two attached hydrogens (primary N) is 1. The Kier molecular flexibility index (Phi) is 4.72. The number of rotatable bonds is 5. The summed E-state index contributed by atoms with van der Waals surface area (Å²) in [5, 5.41) is 3.24. The van der Waals surface area contributed by atoms with E-state index in [0.717, 1.165) is 6.54 Å². The number of hydrogen-bond acceptors (Lipinski definition) is 2. The Morgan fingerprint density at radius 3 is 2.47 bits per heavy atom. The zero-order valence-corrected chi connectivity index (χ0v) is 11.8. The molecule has 1 aromatic carbocycles. The predicted octanol–water partition coefficient (Wildman–Crippen LogP) is 2.90. The summed E-state index contributed by atoms with van der Waals surface area (Å²) < 4.78 is 0. The van der Waals surface area contributed by atoms with E-state index >= 15 is 0 Å². The first-order valence-electron chi connectivity index (χ1n) is 6.40. The molecule has 0 aliphatic carbocycles. The first-order chi connectivity index (χ1) is 7.88. The van der Waals surface area contributed by atoms with E-state index in [0.29, 0.717) is 12.6 Å². The van der Waals surface area contributed by atoms with Gasteiger partial charge < -0.3 is 11.1 Å². The highest BCUT2D eigenvalue weighted by molar-refractivity contribution is 5.37. The molecular weight excluding hydrogens is 208 g/mol. The molecule has 0 radical (unpaired) electrons. The molecule has 3 N–H and O–H groups in total. The average Bonchev–Trinajstić information content (AvgIpc) is 2.26. The molecular formula is C15H26N2. The quantitative estimate of drug-likeness (QED) is 0.769. The first-order valence-corrected chi connectivity index (χ1v) is 6.40. The van der Waals surface area contributed by atoms with Gasteiger partial charge in [-0.2, -0.15) is 0 Å². The third-order valence-electron chi connectivity index (χ3n) is 3.37. The number of nitrogens with one attached hydrogen (secondary N) is 1. The van der Waals surface area contributed by atoms with Gasteiger partial charge in [0.25, 0.3) is 0 Å². The molecule has 0 heterocycles. The lowest BCUT2D eigenvalue weighted by atomic mass is 9.80. The van der Waals surface area contributed by atoms with Crippen molar-refractivity contribution in [2.75, 3.05) is 13.2 Å². The largest absolute Gasteiger partial charge is 0.318 e. The van der Waals surface area contributed by atoms with Crippen molar-refractivity contribution in [3.63, 3.8) is 0 Å². The highest BCUT2D eigenvalue weighted by atomic mass is 15.0. The molecule has 96 valence electrons. The van der Waals surface area contributed by atoms with Crippen LogP contribution in [0.25, 0.3) is 0 Å². The van der Waals surface area contributed by atoms with Gasteiger partial charge in [-0.05, 0) is 29.5 Å². The van der Waals surface area contributed by atoms with Crippen LogP contribution >= 0.6 is 0 Å². The van der Waals surface area contributed by atoms with Crippen molar-refractivity contribution in [1.29, 1.82) is 0 Å². The molecule has 0 atom stereocenters. The molecule has 0 aliphatic rings. The highest BCUT2D eigenvalue weighted by Crippen LogP contribution is 2.28. The van der Waals surface area contributed by atoms with Crippen LogP contribution in [0.2, 0.25) is 0 Å². The SMILES string of the molecule is Cc1ccc(C(C)C)cc1C(C)(C)CNCN. The van der Waals surface area contributed by atoms with Gasteiger partial charge in [0.2, 0.25) is 0 Å². The van der Waals surface area contributed by atoms with Gasteiger partial charge in [-0.1, -0.05) is 45.9 Å². The minimum Gasteiger partial charge on any atom is -0.318 e. The second kappa shape index (κ2) is 5.65. The van der Waals surface area contributed by atoms with E-state index in [-0.39, 0.29) is 5.41 Å². The fraction of sp³-hybridized carbons (Fsp3) is 0.600. The van der Waals surface area contributed by atoms with Gasteiger partial charge >= 0.3 is 0 Å². The van der Waals surface area contributed by atoms with Gasteiger partial charge in [0.1, 0.15) is 0 Å². The lowest BCUT2D eigenvalue weighted by Gasteiger charge is -2.28. The molecule has 2 heteroatoms. The minimum absolute atomic E-state index is 0.119. The Hall–Kier alpha value is -0.860. The summed E-state index contributed by atoms with van der Waals surface area (Å²) >= 11 is 0. The summed E-state index contributed by atoms with van der Waals surface area (Å²) in [4.78, 5) is 0. The molecule has 0 aromatic heterocycles. The predicted molar refractivity (Wildman–Crippen MR) is 75.4 cm³/mol. The van der Waals surface area contributed by atoms with E-state index in [4.69, 9.17) is 5.73 Å². The highest BCUT2D eigenvalue weighted by Gasteiger charge is 2.22. The van der Waals surface area contributed by atoms with E-state index in [1.165, 1.54) is 16.7 Å². The minimum atomic E-state index is 0.119. The van der Waals surface area contributed by atoms with Crippen molar-refractivity contribution >= 4 is 0 Å². The van der Waals surface area contributed by atoms with Crippen molar-refractivity contribution in [1.82, 2.24) is 5.32 Å². The normalized spacial score (nSPS) is 12.2. The van der Waals surface area contributed by atoms with Crippen molar-refractivity contribution in [3.05, 3.63) is 34.9 Å². The smallest absolute Gasteiger partial charge is 0.0429 e. The van der Waals surface area contributed by atoms with Crippen LogP contribution in [0, 0.1) is 6.92 Å². The van der Waals surface area contributed by atoms with Gasteiger partial charge in [0, 0.05) is 18.6 Å². The van der Waals surface area contributed by atoms with E-state index < -0.39 is 0 Å². The van der Waals surface area contributed by atoms with Crippen LogP contribution in [0.5, 0.6) is 0 Å². The Morgan fingerprint density at radius 1 is 1.29 bits per heavy atom. The van der Waals surface area contributed by atoms with Crippen LogP contribution in [0.3, 0.4) is 0 Å². The topological polar surface area (TPSA) is 38.0 Å². The molecule has 0 bridgehead atoms. The third-order valence-corrected chi connectivity index (χ3v) is 3.37. The van der Waals surface area contributed by atoms with Gasteiger partial charge in [-0.25, -0.2) is 0 Å². The summed E-state index contributed by atoms with van der Waals surface area (Å²) in [6, 6.07) is 6.81.